The lowest BCUT2D eigenvalue weighted by molar-refractivity contribution is 0.0759. The van der Waals surface area contributed by atoms with E-state index in [1.807, 2.05) is 18.2 Å². The van der Waals surface area contributed by atoms with Gasteiger partial charge in [-0.2, -0.15) is 0 Å². The first-order chi connectivity index (χ1) is 12.0. The minimum Gasteiger partial charge on any atom is -0.493 e. The van der Waals surface area contributed by atoms with Gasteiger partial charge < -0.3 is 14.4 Å². The number of carbonyl (C=O) groups is 1. The third kappa shape index (κ3) is 3.44. The van der Waals surface area contributed by atoms with E-state index in [9.17, 15) is 9.18 Å². The number of hydrogen-bond acceptors (Lipinski definition) is 4. The lowest BCUT2D eigenvalue weighted by Gasteiger charge is -2.25. The lowest BCUT2D eigenvalue weighted by Crippen LogP contribution is -2.30. The number of thioether (sulfide) groups is 1. The Balaban J connectivity index is 1.89. The fraction of sp³-hybridized carbons (Fsp3) is 0.316. The van der Waals surface area contributed by atoms with Gasteiger partial charge in [-0.25, -0.2) is 4.39 Å². The highest BCUT2D eigenvalue weighted by molar-refractivity contribution is 7.99. The molecule has 0 aliphatic carbocycles. The van der Waals surface area contributed by atoms with Gasteiger partial charge >= 0.3 is 0 Å². The number of nitrogens with zero attached hydrogens (tertiary/aromatic N) is 1. The fourth-order valence-electron chi connectivity index (χ4n) is 2.85. The molecule has 1 fully saturated rings. The van der Waals surface area contributed by atoms with Gasteiger partial charge in [-0.1, -0.05) is 12.1 Å². The van der Waals surface area contributed by atoms with Crippen LogP contribution in [-0.4, -0.2) is 37.3 Å². The number of halogens is 1. The number of aryl methyl sites for hydroxylation is 1. The summed E-state index contributed by atoms with van der Waals surface area (Å²) in [6.07, 6.45) is 0. The zero-order valence-corrected chi connectivity index (χ0v) is 15.2. The maximum absolute atomic E-state index is 13.8. The summed E-state index contributed by atoms with van der Waals surface area (Å²) in [5, 5.41) is -0.128. The van der Waals surface area contributed by atoms with Crippen LogP contribution < -0.4 is 9.47 Å². The molecule has 25 heavy (non-hydrogen) atoms. The molecule has 2 aromatic rings. The van der Waals surface area contributed by atoms with E-state index in [0.29, 0.717) is 29.2 Å². The average Bonchev–Trinajstić information content (AvgIpc) is 3.12. The van der Waals surface area contributed by atoms with Crippen LogP contribution in [0.15, 0.2) is 36.4 Å². The van der Waals surface area contributed by atoms with Crippen molar-refractivity contribution in [1.29, 1.82) is 0 Å². The van der Waals surface area contributed by atoms with Crippen molar-refractivity contribution in [3.63, 3.8) is 0 Å². The van der Waals surface area contributed by atoms with Crippen LogP contribution in [0.4, 0.5) is 4.39 Å². The molecule has 0 bridgehead atoms. The minimum absolute atomic E-state index is 0.128. The van der Waals surface area contributed by atoms with Gasteiger partial charge in [-0.3, -0.25) is 4.79 Å². The number of carbonyl (C=O) groups excluding carboxylic acids is 1. The zero-order chi connectivity index (χ0) is 18.0. The molecule has 0 aromatic heterocycles. The highest BCUT2D eigenvalue weighted by atomic mass is 32.2. The summed E-state index contributed by atoms with van der Waals surface area (Å²) >= 11 is 1.68. The largest absolute Gasteiger partial charge is 0.493 e. The second-order valence-corrected chi connectivity index (χ2v) is 6.99. The van der Waals surface area contributed by atoms with Crippen LogP contribution in [0.2, 0.25) is 0 Å². The average molecular weight is 361 g/mol. The van der Waals surface area contributed by atoms with Gasteiger partial charge in [0, 0.05) is 17.9 Å². The first-order valence-electron chi connectivity index (χ1n) is 7.96. The Labute approximate surface area is 150 Å². The minimum atomic E-state index is -0.361. The van der Waals surface area contributed by atoms with Crippen molar-refractivity contribution < 1.29 is 18.7 Å². The lowest BCUT2D eigenvalue weighted by atomic mass is 10.1. The molecular weight excluding hydrogens is 341 g/mol. The Morgan fingerprint density at radius 3 is 2.60 bits per heavy atom. The van der Waals surface area contributed by atoms with Gasteiger partial charge in [0.2, 0.25) is 0 Å². The maximum atomic E-state index is 13.8. The molecule has 0 N–H and O–H groups in total. The second-order valence-electron chi connectivity index (χ2n) is 5.80. The molecule has 0 radical (unpaired) electrons. The van der Waals surface area contributed by atoms with Gasteiger partial charge in [0.05, 0.1) is 14.2 Å². The predicted octanol–water partition coefficient (Wildman–Crippen LogP) is 4.04. The molecule has 1 heterocycles. The van der Waals surface area contributed by atoms with E-state index in [2.05, 4.69) is 0 Å². The van der Waals surface area contributed by atoms with E-state index in [0.717, 1.165) is 11.3 Å². The summed E-state index contributed by atoms with van der Waals surface area (Å²) in [5.41, 5.74) is 1.86. The standard InChI is InChI=1S/C19H20FNO3S/c1-12-4-5-13(10-15(12)20)18(22)21-8-9-25-19(21)14-6-7-16(23-2)17(11-14)24-3/h4-7,10-11,19H,8-9H2,1-3H3. The fourth-order valence-corrected chi connectivity index (χ4v) is 4.10. The van der Waals surface area contributed by atoms with Crippen molar-refractivity contribution in [3.05, 3.63) is 58.9 Å². The Hall–Kier alpha value is -2.21. The van der Waals surface area contributed by atoms with Crippen molar-refractivity contribution in [2.75, 3.05) is 26.5 Å². The van der Waals surface area contributed by atoms with Crippen molar-refractivity contribution in [2.45, 2.75) is 12.3 Å². The quantitative estimate of drug-likeness (QED) is 0.824. The summed E-state index contributed by atoms with van der Waals surface area (Å²) < 4.78 is 24.4. The molecule has 1 amide bonds. The smallest absolute Gasteiger partial charge is 0.255 e. The Morgan fingerprint density at radius 1 is 1.16 bits per heavy atom. The van der Waals surface area contributed by atoms with Gasteiger partial charge in [0.15, 0.2) is 11.5 Å². The number of rotatable bonds is 4. The van der Waals surface area contributed by atoms with Crippen molar-refractivity contribution in [2.24, 2.45) is 0 Å². The maximum Gasteiger partial charge on any atom is 0.255 e. The van der Waals surface area contributed by atoms with Crippen LogP contribution in [0.1, 0.15) is 26.9 Å². The summed E-state index contributed by atoms with van der Waals surface area (Å²) in [6, 6.07) is 10.3. The number of hydrogen-bond donors (Lipinski definition) is 0. The van der Waals surface area contributed by atoms with E-state index < -0.39 is 0 Å². The van der Waals surface area contributed by atoms with Gasteiger partial charge in [-0.15, -0.1) is 11.8 Å². The van der Waals surface area contributed by atoms with Crippen LogP contribution in [0, 0.1) is 12.7 Å². The van der Waals surface area contributed by atoms with Crippen molar-refractivity contribution in [1.82, 2.24) is 4.90 Å². The normalized spacial score (nSPS) is 16.8. The predicted molar refractivity (Wildman–Crippen MR) is 96.9 cm³/mol. The van der Waals surface area contributed by atoms with Gasteiger partial charge in [-0.05, 0) is 42.3 Å². The van der Waals surface area contributed by atoms with Gasteiger partial charge in [0.1, 0.15) is 11.2 Å². The Morgan fingerprint density at radius 2 is 1.92 bits per heavy atom. The molecule has 1 aliphatic heterocycles. The molecule has 1 atom stereocenters. The molecule has 2 aromatic carbocycles. The van der Waals surface area contributed by atoms with E-state index in [1.165, 1.54) is 6.07 Å². The third-order valence-corrected chi connectivity index (χ3v) is 5.52. The number of ether oxygens (including phenoxy) is 2. The van der Waals surface area contributed by atoms with Crippen LogP contribution in [-0.2, 0) is 0 Å². The van der Waals surface area contributed by atoms with E-state index in [-0.39, 0.29) is 17.1 Å². The van der Waals surface area contributed by atoms with Crippen LogP contribution in [0.5, 0.6) is 11.5 Å². The Kier molecular flexibility index (Phi) is 5.18. The molecule has 1 saturated heterocycles. The number of benzene rings is 2. The highest BCUT2D eigenvalue weighted by Crippen LogP contribution is 2.41. The zero-order valence-electron chi connectivity index (χ0n) is 14.4. The van der Waals surface area contributed by atoms with Crippen LogP contribution in [0.25, 0.3) is 0 Å². The summed E-state index contributed by atoms with van der Waals surface area (Å²) in [5.74, 6) is 1.58. The molecule has 132 valence electrons. The second kappa shape index (κ2) is 7.35. The Bertz CT molecular complexity index is 796. The molecule has 4 nitrogen and oxygen atoms in total. The molecule has 3 rings (SSSR count). The first-order valence-corrected chi connectivity index (χ1v) is 9.00. The molecule has 1 unspecified atom stereocenters. The molecular formula is C19H20FNO3S. The third-order valence-electron chi connectivity index (χ3n) is 4.26. The van der Waals surface area contributed by atoms with Crippen LogP contribution in [0.3, 0.4) is 0 Å². The SMILES string of the molecule is COc1ccc(C2SCCN2C(=O)c2ccc(C)c(F)c2)cc1OC. The topological polar surface area (TPSA) is 38.8 Å². The number of amides is 1. The summed E-state index contributed by atoms with van der Waals surface area (Å²) in [4.78, 5) is 14.6. The van der Waals surface area contributed by atoms with E-state index in [4.69, 9.17) is 9.47 Å². The molecule has 1 aliphatic rings. The molecule has 0 saturated carbocycles. The summed E-state index contributed by atoms with van der Waals surface area (Å²) in [7, 11) is 3.17. The summed E-state index contributed by atoms with van der Waals surface area (Å²) in [6.45, 7) is 2.31. The molecule has 6 heteroatoms. The first kappa shape index (κ1) is 17.6. The van der Waals surface area contributed by atoms with Gasteiger partial charge in [0.25, 0.3) is 5.91 Å². The highest BCUT2D eigenvalue weighted by Gasteiger charge is 2.32. The van der Waals surface area contributed by atoms with E-state index >= 15 is 0 Å². The molecule has 0 spiro atoms. The van der Waals surface area contributed by atoms with E-state index in [1.54, 1.807) is 49.9 Å². The van der Waals surface area contributed by atoms with Crippen molar-refractivity contribution >= 4 is 17.7 Å². The van der Waals surface area contributed by atoms with Crippen molar-refractivity contribution in [3.8, 4) is 11.5 Å². The number of methoxy groups -OCH3 is 2. The van der Waals surface area contributed by atoms with Crippen LogP contribution >= 0.6 is 11.8 Å². The monoisotopic (exact) mass is 361 g/mol.